The van der Waals surface area contributed by atoms with E-state index in [1.165, 1.54) is 0 Å². The summed E-state index contributed by atoms with van der Waals surface area (Å²) in [6, 6.07) is 0. The monoisotopic (exact) mass is 229 g/mol. The molecule has 0 saturated heterocycles. The first-order valence-electron chi connectivity index (χ1n) is 5.11. The van der Waals surface area contributed by atoms with Crippen molar-refractivity contribution in [1.29, 1.82) is 0 Å². The van der Waals surface area contributed by atoms with Gasteiger partial charge in [-0.25, -0.2) is 4.98 Å². The number of halogens is 1. The Morgan fingerprint density at radius 2 is 2.33 bits per heavy atom. The van der Waals surface area contributed by atoms with Gasteiger partial charge in [-0.2, -0.15) is 0 Å². The summed E-state index contributed by atoms with van der Waals surface area (Å²) in [6.45, 7) is 1.59. The Hall–Kier alpha value is -1.03. The van der Waals surface area contributed by atoms with E-state index < -0.39 is 0 Å². The lowest BCUT2D eigenvalue weighted by Gasteiger charge is -2.04. The molecule has 0 saturated carbocycles. The summed E-state index contributed by atoms with van der Waals surface area (Å²) < 4.78 is 1.99. The van der Waals surface area contributed by atoms with Crippen LogP contribution >= 0.6 is 11.6 Å². The molecule has 5 heteroatoms. The number of carbonyl (C=O) groups excluding carboxylic acids is 1. The van der Waals surface area contributed by atoms with Crippen LogP contribution in [-0.2, 0) is 11.3 Å². The first-order valence-corrected chi connectivity index (χ1v) is 5.65. The van der Waals surface area contributed by atoms with Crippen molar-refractivity contribution in [1.82, 2.24) is 14.9 Å². The predicted molar refractivity (Wildman–Crippen MR) is 59.8 cm³/mol. The Balaban J connectivity index is 1.99. The van der Waals surface area contributed by atoms with Crippen LogP contribution in [0.3, 0.4) is 0 Å². The smallest absolute Gasteiger partial charge is 0.220 e. The number of hydrogen-bond donors (Lipinski definition) is 1. The van der Waals surface area contributed by atoms with E-state index >= 15 is 0 Å². The lowest BCUT2D eigenvalue weighted by molar-refractivity contribution is -0.121. The molecule has 1 amide bonds. The van der Waals surface area contributed by atoms with Gasteiger partial charge in [-0.1, -0.05) is 0 Å². The lowest BCUT2D eigenvalue weighted by Crippen LogP contribution is -2.24. The van der Waals surface area contributed by atoms with Crippen molar-refractivity contribution in [3.05, 3.63) is 18.7 Å². The van der Waals surface area contributed by atoms with Crippen LogP contribution in [0.1, 0.15) is 19.3 Å². The summed E-state index contributed by atoms with van der Waals surface area (Å²) in [5, 5.41) is 2.85. The molecule has 1 N–H and O–H groups in total. The van der Waals surface area contributed by atoms with Crippen LogP contribution in [0.15, 0.2) is 18.7 Å². The molecule has 0 fully saturated rings. The van der Waals surface area contributed by atoms with E-state index in [9.17, 15) is 4.79 Å². The Morgan fingerprint density at radius 1 is 1.47 bits per heavy atom. The fourth-order valence-electron chi connectivity index (χ4n) is 1.22. The minimum atomic E-state index is 0.0845. The van der Waals surface area contributed by atoms with Crippen molar-refractivity contribution in [2.45, 2.75) is 25.8 Å². The minimum Gasteiger partial charge on any atom is -0.356 e. The quantitative estimate of drug-likeness (QED) is 0.568. The van der Waals surface area contributed by atoms with Gasteiger partial charge in [0.05, 0.1) is 6.33 Å². The third-order valence-electron chi connectivity index (χ3n) is 2.01. The number of amides is 1. The first-order chi connectivity index (χ1) is 7.33. The van der Waals surface area contributed by atoms with Crippen LogP contribution in [0.4, 0.5) is 0 Å². The third-order valence-corrected chi connectivity index (χ3v) is 2.28. The van der Waals surface area contributed by atoms with Crippen LogP contribution in [0.25, 0.3) is 0 Å². The molecule has 0 aliphatic carbocycles. The van der Waals surface area contributed by atoms with Crippen molar-refractivity contribution in [2.75, 3.05) is 12.4 Å². The van der Waals surface area contributed by atoms with Crippen molar-refractivity contribution in [3.63, 3.8) is 0 Å². The van der Waals surface area contributed by atoms with E-state index in [2.05, 4.69) is 10.3 Å². The molecule has 0 radical (unpaired) electrons. The van der Waals surface area contributed by atoms with Crippen LogP contribution in [-0.4, -0.2) is 27.9 Å². The minimum absolute atomic E-state index is 0.0845. The molecule has 0 aliphatic rings. The Kier molecular flexibility index (Phi) is 5.85. The van der Waals surface area contributed by atoms with Crippen LogP contribution < -0.4 is 5.32 Å². The largest absolute Gasteiger partial charge is 0.356 e. The number of nitrogens with one attached hydrogen (secondary N) is 1. The molecule has 15 heavy (non-hydrogen) atoms. The van der Waals surface area contributed by atoms with E-state index in [1.807, 2.05) is 10.8 Å². The van der Waals surface area contributed by atoms with Gasteiger partial charge < -0.3 is 9.88 Å². The zero-order valence-corrected chi connectivity index (χ0v) is 9.41. The summed E-state index contributed by atoms with van der Waals surface area (Å²) >= 11 is 5.48. The maximum Gasteiger partial charge on any atom is 0.220 e. The fraction of sp³-hybridized carbons (Fsp3) is 0.600. The predicted octanol–water partition coefficient (Wildman–Crippen LogP) is 1.41. The average molecular weight is 230 g/mol. The summed E-state index contributed by atoms with van der Waals surface area (Å²) in [5.74, 6) is 0.629. The molecule has 0 spiro atoms. The maximum atomic E-state index is 11.2. The van der Waals surface area contributed by atoms with Crippen molar-refractivity contribution in [3.8, 4) is 0 Å². The number of aromatic nitrogens is 2. The van der Waals surface area contributed by atoms with Crippen molar-refractivity contribution >= 4 is 17.5 Å². The Labute approximate surface area is 94.6 Å². The molecule has 0 bridgehead atoms. The molecule has 1 rings (SSSR count). The number of hydrogen-bond acceptors (Lipinski definition) is 2. The van der Waals surface area contributed by atoms with Gasteiger partial charge in [0.1, 0.15) is 0 Å². The Morgan fingerprint density at radius 3 is 3.00 bits per heavy atom. The normalized spacial score (nSPS) is 10.2. The second-order valence-electron chi connectivity index (χ2n) is 3.30. The summed E-state index contributed by atoms with van der Waals surface area (Å²) in [4.78, 5) is 15.1. The number of aryl methyl sites for hydroxylation is 1. The first kappa shape index (κ1) is 12.0. The fourth-order valence-corrected chi connectivity index (χ4v) is 1.36. The molecule has 84 valence electrons. The van der Waals surface area contributed by atoms with E-state index in [4.69, 9.17) is 11.6 Å². The SMILES string of the molecule is O=C(CCCCl)NCCCn1ccnc1. The second kappa shape index (κ2) is 7.29. The molecule has 1 aromatic rings. The number of rotatable bonds is 7. The lowest BCUT2D eigenvalue weighted by atomic mass is 10.3. The van der Waals surface area contributed by atoms with Crippen molar-refractivity contribution < 1.29 is 4.79 Å². The average Bonchev–Trinajstić information content (AvgIpc) is 2.74. The van der Waals surface area contributed by atoms with E-state index in [0.29, 0.717) is 18.8 Å². The molecule has 0 aliphatic heterocycles. The number of alkyl halides is 1. The highest BCUT2D eigenvalue weighted by Crippen LogP contribution is 1.92. The second-order valence-corrected chi connectivity index (χ2v) is 3.67. The van der Waals surface area contributed by atoms with Gasteiger partial charge in [-0.15, -0.1) is 11.6 Å². The Bertz CT molecular complexity index is 274. The van der Waals surface area contributed by atoms with Crippen LogP contribution in [0, 0.1) is 0 Å². The van der Waals surface area contributed by atoms with Gasteiger partial charge in [-0.05, 0) is 12.8 Å². The van der Waals surface area contributed by atoms with Crippen molar-refractivity contribution in [2.24, 2.45) is 0 Å². The molecule has 4 nitrogen and oxygen atoms in total. The highest BCUT2D eigenvalue weighted by molar-refractivity contribution is 6.17. The summed E-state index contributed by atoms with van der Waals surface area (Å²) in [5.41, 5.74) is 0. The summed E-state index contributed by atoms with van der Waals surface area (Å²) in [7, 11) is 0. The highest BCUT2D eigenvalue weighted by atomic mass is 35.5. The van der Waals surface area contributed by atoms with Gasteiger partial charge in [0.2, 0.25) is 5.91 Å². The molecule has 1 aromatic heterocycles. The topological polar surface area (TPSA) is 46.9 Å². The zero-order valence-electron chi connectivity index (χ0n) is 8.66. The summed E-state index contributed by atoms with van der Waals surface area (Å²) in [6.07, 6.45) is 7.62. The van der Waals surface area contributed by atoms with Gasteiger partial charge >= 0.3 is 0 Å². The molecule has 0 atom stereocenters. The van der Waals surface area contributed by atoms with Gasteiger partial charge in [0.15, 0.2) is 0 Å². The molecule has 0 unspecified atom stereocenters. The third kappa shape index (κ3) is 5.42. The standard InChI is InChI=1S/C10H16ClN3O/c11-4-1-3-10(15)13-5-2-7-14-8-6-12-9-14/h6,8-9H,1-5,7H2,(H,13,15). The maximum absolute atomic E-state index is 11.2. The zero-order chi connectivity index (χ0) is 10.9. The van der Waals surface area contributed by atoms with E-state index in [-0.39, 0.29) is 5.91 Å². The molecular weight excluding hydrogens is 214 g/mol. The van der Waals surface area contributed by atoms with Crippen LogP contribution in [0.2, 0.25) is 0 Å². The molecular formula is C10H16ClN3O. The van der Waals surface area contributed by atoms with Gasteiger partial charge in [0.25, 0.3) is 0 Å². The molecule has 0 aromatic carbocycles. The molecule has 1 heterocycles. The van der Waals surface area contributed by atoms with E-state index in [0.717, 1.165) is 19.4 Å². The highest BCUT2D eigenvalue weighted by Gasteiger charge is 1.99. The van der Waals surface area contributed by atoms with Gasteiger partial charge in [0, 0.05) is 37.8 Å². The van der Waals surface area contributed by atoms with Gasteiger partial charge in [-0.3, -0.25) is 4.79 Å². The number of carbonyl (C=O) groups is 1. The van der Waals surface area contributed by atoms with E-state index in [1.54, 1.807) is 12.5 Å². The number of imidazole rings is 1. The number of nitrogens with zero attached hydrogens (tertiary/aromatic N) is 2. The van der Waals surface area contributed by atoms with Crippen LogP contribution in [0.5, 0.6) is 0 Å².